The Morgan fingerprint density at radius 3 is 2.12 bits per heavy atom. The number of hydrogen-bond donors (Lipinski definition) is 3. The Hall–Kier alpha value is -1.88. The summed E-state index contributed by atoms with van der Waals surface area (Å²) in [5, 5.41) is 8.77. The molecule has 5 nitrogen and oxygen atoms in total. The average Bonchev–Trinajstić information content (AvgIpc) is 2.22. The molecule has 0 heterocycles. The molecule has 0 spiro atoms. The van der Waals surface area contributed by atoms with Crippen LogP contribution in [0.5, 0.6) is 0 Å². The maximum atomic E-state index is 11.1. The molecular formula is C12H16N2O3. The number of nitrogens with two attached hydrogens (primary N) is 2. The van der Waals surface area contributed by atoms with E-state index in [0.29, 0.717) is 5.56 Å². The van der Waals surface area contributed by atoms with Gasteiger partial charge in [0, 0.05) is 5.56 Å². The van der Waals surface area contributed by atoms with E-state index in [-0.39, 0.29) is 6.42 Å². The molecule has 0 radical (unpaired) electrons. The van der Waals surface area contributed by atoms with Gasteiger partial charge in [0.2, 0.25) is 5.91 Å². The summed E-state index contributed by atoms with van der Waals surface area (Å²) in [6, 6.07) is 2.37. The van der Waals surface area contributed by atoms with Gasteiger partial charge in [-0.1, -0.05) is 0 Å². The smallest absolute Gasteiger partial charge is 0.320 e. The predicted molar refractivity (Wildman–Crippen MR) is 63.7 cm³/mol. The highest BCUT2D eigenvalue weighted by atomic mass is 16.4. The molecule has 17 heavy (non-hydrogen) atoms. The number of hydrogen-bond acceptors (Lipinski definition) is 3. The van der Waals surface area contributed by atoms with Crippen LogP contribution in [0.3, 0.4) is 0 Å². The van der Waals surface area contributed by atoms with Crippen molar-refractivity contribution in [3.63, 3.8) is 0 Å². The number of carbonyl (C=O) groups is 2. The summed E-state index contributed by atoms with van der Waals surface area (Å²) >= 11 is 0. The summed E-state index contributed by atoms with van der Waals surface area (Å²) in [6.07, 6.45) is 0.242. The van der Waals surface area contributed by atoms with Gasteiger partial charge >= 0.3 is 5.97 Å². The van der Waals surface area contributed by atoms with Crippen LogP contribution >= 0.6 is 0 Å². The molecule has 1 unspecified atom stereocenters. The third kappa shape index (κ3) is 3.04. The third-order valence-electron chi connectivity index (χ3n) is 2.72. The lowest BCUT2D eigenvalue weighted by molar-refractivity contribution is -0.138. The second-order valence-corrected chi connectivity index (χ2v) is 4.10. The molecule has 0 saturated heterocycles. The first-order valence-corrected chi connectivity index (χ1v) is 5.21. The van der Waals surface area contributed by atoms with E-state index < -0.39 is 17.9 Å². The zero-order valence-corrected chi connectivity index (χ0v) is 9.86. The lowest BCUT2D eigenvalue weighted by Gasteiger charge is -2.13. The lowest BCUT2D eigenvalue weighted by atomic mass is 9.94. The molecule has 92 valence electrons. The summed E-state index contributed by atoms with van der Waals surface area (Å²) in [5.41, 5.74) is 13.6. The molecule has 0 aliphatic heterocycles. The van der Waals surface area contributed by atoms with Gasteiger partial charge in [0.15, 0.2) is 0 Å². The largest absolute Gasteiger partial charge is 0.480 e. The molecule has 0 aliphatic rings. The quantitative estimate of drug-likeness (QED) is 0.701. The van der Waals surface area contributed by atoms with Gasteiger partial charge in [0.1, 0.15) is 6.04 Å². The predicted octanol–water partition coefficient (Wildman–Crippen LogP) is 0.357. The van der Waals surface area contributed by atoms with Crippen LogP contribution in [0.4, 0.5) is 0 Å². The van der Waals surface area contributed by atoms with Gasteiger partial charge in [0.05, 0.1) is 0 Å². The summed E-state index contributed by atoms with van der Waals surface area (Å²) in [5.74, 6) is -1.53. The lowest BCUT2D eigenvalue weighted by Crippen LogP contribution is -2.32. The fourth-order valence-corrected chi connectivity index (χ4v) is 1.76. The Balaban J connectivity index is 3.10. The highest BCUT2D eigenvalue weighted by molar-refractivity contribution is 5.93. The van der Waals surface area contributed by atoms with Gasteiger partial charge in [-0.15, -0.1) is 0 Å². The average molecular weight is 236 g/mol. The number of carboxylic acids is 1. The number of rotatable bonds is 4. The van der Waals surface area contributed by atoms with E-state index in [1.807, 2.05) is 13.8 Å². The van der Waals surface area contributed by atoms with Crippen molar-refractivity contribution in [1.29, 1.82) is 0 Å². The van der Waals surface area contributed by atoms with E-state index in [2.05, 4.69) is 0 Å². The van der Waals surface area contributed by atoms with Crippen molar-refractivity contribution in [1.82, 2.24) is 0 Å². The van der Waals surface area contributed by atoms with E-state index >= 15 is 0 Å². The highest BCUT2D eigenvalue weighted by Crippen LogP contribution is 2.18. The van der Waals surface area contributed by atoms with E-state index in [9.17, 15) is 9.59 Å². The number of benzene rings is 1. The minimum atomic E-state index is -1.04. The van der Waals surface area contributed by atoms with E-state index in [1.165, 1.54) is 0 Å². The van der Waals surface area contributed by atoms with Crippen LogP contribution in [0.1, 0.15) is 27.0 Å². The van der Waals surface area contributed by atoms with E-state index in [4.69, 9.17) is 16.6 Å². The molecule has 5 N–H and O–H groups in total. The molecule has 0 aromatic heterocycles. The van der Waals surface area contributed by atoms with Gasteiger partial charge in [-0.25, -0.2) is 0 Å². The summed E-state index contributed by atoms with van der Waals surface area (Å²) < 4.78 is 0. The zero-order chi connectivity index (χ0) is 13.2. The van der Waals surface area contributed by atoms with Crippen molar-refractivity contribution in [3.8, 4) is 0 Å². The monoisotopic (exact) mass is 236 g/mol. The summed E-state index contributed by atoms with van der Waals surface area (Å²) in [4.78, 5) is 21.8. The minimum absolute atomic E-state index is 0.242. The fraction of sp³-hybridized carbons (Fsp3) is 0.333. The first-order valence-electron chi connectivity index (χ1n) is 5.21. The second kappa shape index (κ2) is 4.97. The number of carbonyl (C=O) groups excluding carboxylic acids is 1. The molecule has 1 rings (SSSR count). The molecule has 0 aliphatic carbocycles. The Kier molecular flexibility index (Phi) is 3.85. The van der Waals surface area contributed by atoms with Crippen molar-refractivity contribution in [3.05, 3.63) is 34.4 Å². The third-order valence-corrected chi connectivity index (χ3v) is 2.72. The Bertz CT molecular complexity index is 446. The SMILES string of the molecule is Cc1cc(C(N)=O)cc(C)c1CC(N)C(=O)O. The molecular weight excluding hydrogens is 220 g/mol. The van der Waals surface area contributed by atoms with E-state index in [1.54, 1.807) is 12.1 Å². The first kappa shape index (κ1) is 13.2. The number of aliphatic carboxylic acids is 1. The molecule has 1 atom stereocenters. The minimum Gasteiger partial charge on any atom is -0.480 e. The number of primary amides is 1. The summed E-state index contributed by atoms with van der Waals surface area (Å²) in [6.45, 7) is 3.62. The van der Waals surface area contributed by atoms with Crippen molar-refractivity contribution >= 4 is 11.9 Å². The molecule has 0 bridgehead atoms. The van der Waals surface area contributed by atoms with Crippen LogP contribution in [-0.4, -0.2) is 23.0 Å². The Morgan fingerprint density at radius 2 is 1.76 bits per heavy atom. The molecule has 1 aromatic rings. The fourth-order valence-electron chi connectivity index (χ4n) is 1.76. The number of carboxylic acid groups (broad SMARTS) is 1. The Morgan fingerprint density at radius 1 is 1.29 bits per heavy atom. The second-order valence-electron chi connectivity index (χ2n) is 4.10. The van der Waals surface area contributed by atoms with Crippen LogP contribution in [0.25, 0.3) is 0 Å². The van der Waals surface area contributed by atoms with Gasteiger partial charge in [0.25, 0.3) is 0 Å². The van der Waals surface area contributed by atoms with Gasteiger partial charge in [-0.3, -0.25) is 9.59 Å². The highest BCUT2D eigenvalue weighted by Gasteiger charge is 2.16. The van der Waals surface area contributed by atoms with Crippen molar-refractivity contribution in [2.45, 2.75) is 26.3 Å². The maximum Gasteiger partial charge on any atom is 0.320 e. The van der Waals surface area contributed by atoms with Crippen LogP contribution < -0.4 is 11.5 Å². The Labute approximate surface area is 99.4 Å². The zero-order valence-electron chi connectivity index (χ0n) is 9.86. The molecule has 1 amide bonds. The van der Waals surface area contributed by atoms with Gasteiger partial charge < -0.3 is 16.6 Å². The van der Waals surface area contributed by atoms with Crippen molar-refractivity contribution < 1.29 is 14.7 Å². The van der Waals surface area contributed by atoms with Crippen molar-refractivity contribution in [2.24, 2.45) is 11.5 Å². The molecule has 5 heteroatoms. The van der Waals surface area contributed by atoms with E-state index in [0.717, 1.165) is 16.7 Å². The number of amides is 1. The van der Waals surface area contributed by atoms with Crippen LogP contribution in [0.2, 0.25) is 0 Å². The van der Waals surface area contributed by atoms with Crippen molar-refractivity contribution in [2.75, 3.05) is 0 Å². The molecule has 0 saturated carbocycles. The summed E-state index contributed by atoms with van der Waals surface area (Å²) in [7, 11) is 0. The van der Waals surface area contributed by atoms with Crippen LogP contribution in [-0.2, 0) is 11.2 Å². The molecule has 1 aromatic carbocycles. The van der Waals surface area contributed by atoms with Crippen LogP contribution in [0.15, 0.2) is 12.1 Å². The molecule has 0 fully saturated rings. The standard InChI is InChI=1S/C12H16N2O3/c1-6-3-8(11(14)15)4-7(2)9(6)5-10(13)12(16)17/h3-4,10H,5,13H2,1-2H3,(H2,14,15)(H,16,17). The van der Waals surface area contributed by atoms with Gasteiger partial charge in [-0.05, 0) is 49.1 Å². The van der Waals surface area contributed by atoms with Crippen LogP contribution in [0, 0.1) is 13.8 Å². The topological polar surface area (TPSA) is 106 Å². The normalized spacial score (nSPS) is 12.2. The maximum absolute atomic E-state index is 11.1. The van der Waals surface area contributed by atoms with Gasteiger partial charge in [-0.2, -0.15) is 0 Å². The number of aryl methyl sites for hydroxylation is 2. The first-order chi connectivity index (χ1) is 7.82.